The molecule has 1 aromatic carbocycles. The normalized spacial score (nSPS) is 9.82. The van der Waals surface area contributed by atoms with E-state index in [1.54, 1.807) is 0 Å². The van der Waals surface area contributed by atoms with Crippen molar-refractivity contribution in [1.82, 2.24) is 0 Å². The molecule has 5 heteroatoms. The van der Waals surface area contributed by atoms with Gasteiger partial charge in [-0.25, -0.2) is 4.39 Å². The molecule has 0 aromatic heterocycles. The smallest absolute Gasteiger partial charge is 0.308 e. The summed E-state index contributed by atoms with van der Waals surface area (Å²) >= 11 is 0. The zero-order chi connectivity index (χ0) is 12.8. The molecule has 0 N–H and O–H groups in total. The highest BCUT2D eigenvalue weighted by Gasteiger charge is 2.10. The van der Waals surface area contributed by atoms with E-state index >= 15 is 0 Å². The number of carbonyl (C=O) groups excluding carboxylic acids is 2. The Morgan fingerprint density at radius 1 is 1.35 bits per heavy atom. The van der Waals surface area contributed by atoms with Gasteiger partial charge >= 0.3 is 5.97 Å². The van der Waals surface area contributed by atoms with Crippen molar-refractivity contribution in [3.8, 4) is 5.75 Å². The molecule has 0 fully saturated rings. The summed E-state index contributed by atoms with van der Waals surface area (Å²) < 4.78 is 22.6. The fraction of sp³-hybridized carbons (Fsp3) is 0.333. The van der Waals surface area contributed by atoms with Crippen molar-refractivity contribution in [3.05, 3.63) is 29.6 Å². The Labute approximate surface area is 98.3 Å². The van der Waals surface area contributed by atoms with Gasteiger partial charge in [0.15, 0.2) is 5.78 Å². The molecule has 0 saturated carbocycles. The second kappa shape index (κ2) is 5.98. The first kappa shape index (κ1) is 13.2. The van der Waals surface area contributed by atoms with Crippen LogP contribution in [0, 0.1) is 5.82 Å². The third-order valence-electron chi connectivity index (χ3n) is 2.11. The fourth-order valence-electron chi connectivity index (χ4n) is 1.25. The lowest BCUT2D eigenvalue weighted by Crippen LogP contribution is -2.09. The van der Waals surface area contributed by atoms with Gasteiger partial charge in [-0.2, -0.15) is 0 Å². The third kappa shape index (κ3) is 3.86. The first-order valence-corrected chi connectivity index (χ1v) is 5.04. The van der Waals surface area contributed by atoms with Crippen molar-refractivity contribution < 1.29 is 23.5 Å². The van der Waals surface area contributed by atoms with Crippen molar-refractivity contribution in [2.45, 2.75) is 13.3 Å². The molecule has 0 spiro atoms. The van der Waals surface area contributed by atoms with Crippen LogP contribution in [0.3, 0.4) is 0 Å². The van der Waals surface area contributed by atoms with Crippen LogP contribution in [-0.2, 0) is 9.53 Å². The number of rotatable bonds is 5. The standard InChI is InChI=1S/C12H13FO4/c1-8(14)10-4-3-9(13)7-11(10)17-6-5-12(15)16-2/h3-4,7H,5-6H2,1-2H3. The maximum Gasteiger partial charge on any atom is 0.308 e. The molecule has 1 rings (SSSR count). The van der Waals surface area contributed by atoms with E-state index in [0.29, 0.717) is 0 Å². The Morgan fingerprint density at radius 3 is 2.65 bits per heavy atom. The molecule has 4 nitrogen and oxygen atoms in total. The number of hydrogen-bond acceptors (Lipinski definition) is 4. The van der Waals surface area contributed by atoms with E-state index in [9.17, 15) is 14.0 Å². The van der Waals surface area contributed by atoms with E-state index < -0.39 is 11.8 Å². The second-order valence-electron chi connectivity index (χ2n) is 3.37. The summed E-state index contributed by atoms with van der Waals surface area (Å²) in [5.74, 6) is -1.01. The van der Waals surface area contributed by atoms with Gasteiger partial charge in [0, 0.05) is 6.07 Å². The fourth-order valence-corrected chi connectivity index (χ4v) is 1.25. The van der Waals surface area contributed by atoms with Gasteiger partial charge in [-0.3, -0.25) is 9.59 Å². The Morgan fingerprint density at radius 2 is 2.06 bits per heavy atom. The van der Waals surface area contributed by atoms with Crippen LogP contribution in [0.15, 0.2) is 18.2 Å². The maximum absolute atomic E-state index is 13.0. The minimum atomic E-state index is -0.497. The van der Waals surface area contributed by atoms with E-state index in [1.807, 2.05) is 0 Å². The topological polar surface area (TPSA) is 52.6 Å². The van der Waals surface area contributed by atoms with Crippen molar-refractivity contribution in [3.63, 3.8) is 0 Å². The number of ether oxygens (including phenoxy) is 2. The number of Topliss-reactive ketones (excluding diaryl/α,β-unsaturated/α-hetero) is 1. The number of esters is 1. The van der Waals surface area contributed by atoms with Gasteiger partial charge < -0.3 is 9.47 Å². The van der Waals surface area contributed by atoms with E-state index in [2.05, 4.69) is 4.74 Å². The van der Waals surface area contributed by atoms with Crippen molar-refractivity contribution in [2.75, 3.05) is 13.7 Å². The highest BCUT2D eigenvalue weighted by atomic mass is 19.1. The molecule has 92 valence electrons. The van der Waals surface area contributed by atoms with Gasteiger partial charge in [-0.05, 0) is 19.1 Å². The summed E-state index contributed by atoms with van der Waals surface area (Å²) in [5, 5.41) is 0. The van der Waals surface area contributed by atoms with Crippen LogP contribution in [-0.4, -0.2) is 25.5 Å². The molecule has 0 bridgehead atoms. The summed E-state index contributed by atoms with van der Waals surface area (Å²) in [7, 11) is 1.27. The van der Waals surface area contributed by atoms with Gasteiger partial charge in [0.1, 0.15) is 11.6 Å². The second-order valence-corrected chi connectivity index (χ2v) is 3.37. The molecule has 0 heterocycles. The van der Waals surface area contributed by atoms with Crippen LogP contribution in [0.25, 0.3) is 0 Å². The van der Waals surface area contributed by atoms with E-state index in [0.717, 1.165) is 6.07 Å². The summed E-state index contributed by atoms with van der Waals surface area (Å²) in [6.07, 6.45) is 0.0460. The van der Waals surface area contributed by atoms with Crippen LogP contribution in [0.2, 0.25) is 0 Å². The van der Waals surface area contributed by atoms with Gasteiger partial charge in [0.05, 0.1) is 25.7 Å². The van der Waals surface area contributed by atoms with Crippen molar-refractivity contribution >= 4 is 11.8 Å². The number of benzene rings is 1. The zero-order valence-electron chi connectivity index (χ0n) is 9.66. The van der Waals surface area contributed by atoms with Crippen LogP contribution in [0.1, 0.15) is 23.7 Å². The maximum atomic E-state index is 13.0. The average Bonchev–Trinajstić information content (AvgIpc) is 2.28. The van der Waals surface area contributed by atoms with Gasteiger partial charge in [0.2, 0.25) is 0 Å². The predicted molar refractivity (Wildman–Crippen MR) is 58.5 cm³/mol. The molecule has 0 saturated heterocycles. The minimum Gasteiger partial charge on any atom is -0.492 e. The van der Waals surface area contributed by atoms with E-state index in [4.69, 9.17) is 4.74 Å². The number of halogens is 1. The van der Waals surface area contributed by atoms with Crippen molar-refractivity contribution in [2.24, 2.45) is 0 Å². The predicted octanol–water partition coefficient (Wildman–Crippen LogP) is 1.97. The van der Waals surface area contributed by atoms with E-state index in [1.165, 1.54) is 26.2 Å². The van der Waals surface area contributed by atoms with Crippen LogP contribution >= 0.6 is 0 Å². The van der Waals surface area contributed by atoms with Gasteiger partial charge in [0.25, 0.3) is 0 Å². The van der Waals surface area contributed by atoms with Gasteiger partial charge in [-0.1, -0.05) is 0 Å². The first-order valence-electron chi connectivity index (χ1n) is 5.04. The molecule has 17 heavy (non-hydrogen) atoms. The summed E-state index contributed by atoms with van der Waals surface area (Å²) in [4.78, 5) is 22.1. The molecule has 0 radical (unpaired) electrons. The van der Waals surface area contributed by atoms with Crippen molar-refractivity contribution in [1.29, 1.82) is 0 Å². The van der Waals surface area contributed by atoms with Crippen LogP contribution in [0.4, 0.5) is 4.39 Å². The highest BCUT2D eigenvalue weighted by molar-refractivity contribution is 5.96. The molecule has 0 aliphatic rings. The highest BCUT2D eigenvalue weighted by Crippen LogP contribution is 2.20. The summed E-state index contributed by atoms with van der Waals surface area (Å²) in [5.41, 5.74) is 0.288. The largest absolute Gasteiger partial charge is 0.492 e. The molecular weight excluding hydrogens is 227 g/mol. The first-order chi connectivity index (χ1) is 8.04. The Balaban J connectivity index is 2.72. The quantitative estimate of drug-likeness (QED) is 0.583. The molecule has 0 aliphatic heterocycles. The summed E-state index contributed by atoms with van der Waals surface area (Å²) in [6.45, 7) is 1.40. The zero-order valence-corrected chi connectivity index (χ0v) is 9.66. The number of methoxy groups -OCH3 is 1. The molecule has 0 unspecified atom stereocenters. The lowest BCUT2D eigenvalue weighted by Gasteiger charge is -2.09. The number of ketones is 1. The average molecular weight is 240 g/mol. The third-order valence-corrected chi connectivity index (χ3v) is 2.11. The lowest BCUT2D eigenvalue weighted by molar-refractivity contribution is -0.141. The SMILES string of the molecule is COC(=O)CCOc1cc(F)ccc1C(C)=O. The molecule has 1 aromatic rings. The minimum absolute atomic E-state index is 0.0381. The monoisotopic (exact) mass is 240 g/mol. The molecule has 0 atom stereocenters. The number of carbonyl (C=O) groups is 2. The Kier molecular flexibility index (Phi) is 4.63. The molecule has 0 amide bonds. The van der Waals surface area contributed by atoms with Crippen LogP contribution in [0.5, 0.6) is 5.75 Å². The molecule has 0 aliphatic carbocycles. The Hall–Kier alpha value is -1.91. The lowest BCUT2D eigenvalue weighted by atomic mass is 10.1. The molecular formula is C12H13FO4. The number of hydrogen-bond donors (Lipinski definition) is 0. The van der Waals surface area contributed by atoms with Crippen LogP contribution < -0.4 is 4.74 Å². The van der Waals surface area contributed by atoms with Gasteiger partial charge in [-0.15, -0.1) is 0 Å². The van der Waals surface area contributed by atoms with E-state index in [-0.39, 0.29) is 30.1 Å². The summed E-state index contributed by atoms with van der Waals surface area (Å²) in [6, 6.07) is 3.66. The Bertz CT molecular complexity index is 429.